The summed E-state index contributed by atoms with van der Waals surface area (Å²) in [6.07, 6.45) is 1.60. The summed E-state index contributed by atoms with van der Waals surface area (Å²) >= 11 is 12.9. The highest BCUT2D eigenvalue weighted by Gasteiger charge is 2.36. The van der Waals surface area contributed by atoms with Crippen molar-refractivity contribution in [2.45, 2.75) is 39.2 Å². The predicted octanol–water partition coefficient (Wildman–Crippen LogP) is 5.91. The number of ether oxygens (including phenoxy) is 2. The number of halogens is 2. The monoisotopic (exact) mass is 660 g/mol. The highest BCUT2D eigenvalue weighted by atomic mass is 35.5. The Morgan fingerprint density at radius 3 is 2.30 bits per heavy atom. The fraction of sp³-hybridized carbons (Fsp3) is 0.333. The van der Waals surface area contributed by atoms with Gasteiger partial charge in [0.05, 0.1) is 28.3 Å². The van der Waals surface area contributed by atoms with E-state index >= 15 is 0 Å². The van der Waals surface area contributed by atoms with Crippen LogP contribution in [0.3, 0.4) is 0 Å². The van der Waals surface area contributed by atoms with Crippen molar-refractivity contribution in [3.8, 4) is 0 Å². The lowest BCUT2D eigenvalue weighted by atomic mass is 9.96. The number of anilines is 2. The average molecular weight is 662 g/mol. The van der Waals surface area contributed by atoms with Gasteiger partial charge >= 0.3 is 12.1 Å². The molecule has 0 radical (unpaired) electrons. The Hall–Kier alpha value is -3.87. The first-order chi connectivity index (χ1) is 20.8. The fourth-order valence-electron chi connectivity index (χ4n) is 4.34. The van der Waals surface area contributed by atoms with Crippen LogP contribution < -0.4 is 10.2 Å². The third-order valence-electron chi connectivity index (χ3n) is 6.53. The molecule has 2 fully saturated rings. The van der Waals surface area contributed by atoms with E-state index in [4.69, 9.17) is 27.9 Å². The van der Waals surface area contributed by atoms with Gasteiger partial charge in [0.25, 0.3) is 11.8 Å². The minimum atomic E-state index is -0.746. The van der Waals surface area contributed by atoms with Gasteiger partial charge in [0, 0.05) is 35.8 Å². The Morgan fingerprint density at radius 2 is 1.70 bits per heavy atom. The molecule has 14 heteroatoms. The maximum absolute atomic E-state index is 13.3. The minimum Gasteiger partial charge on any atom is -0.466 e. The van der Waals surface area contributed by atoms with Crippen molar-refractivity contribution in [1.82, 2.24) is 4.90 Å². The van der Waals surface area contributed by atoms with Gasteiger partial charge in [-0.1, -0.05) is 23.2 Å². The first kappa shape index (κ1) is 33.0. The molecule has 0 atom stereocenters. The van der Waals surface area contributed by atoms with Crippen molar-refractivity contribution < 1.29 is 33.4 Å². The van der Waals surface area contributed by atoms with E-state index in [-0.39, 0.29) is 32.5 Å². The van der Waals surface area contributed by atoms with Gasteiger partial charge in [0.1, 0.15) is 5.60 Å². The Balaban J connectivity index is 1.48. The Morgan fingerprint density at radius 1 is 1.05 bits per heavy atom. The van der Waals surface area contributed by atoms with Gasteiger partial charge in [-0.15, -0.1) is 0 Å². The summed E-state index contributed by atoms with van der Waals surface area (Å²) in [7, 11) is 1.18. The van der Waals surface area contributed by atoms with Gasteiger partial charge in [0.15, 0.2) is 5.17 Å². The van der Waals surface area contributed by atoms with Gasteiger partial charge in [-0.25, -0.2) is 9.59 Å². The lowest BCUT2D eigenvalue weighted by molar-refractivity contribution is -0.135. The van der Waals surface area contributed by atoms with Gasteiger partial charge in [-0.05, 0) is 87.8 Å². The molecule has 0 spiro atoms. The van der Waals surface area contributed by atoms with Crippen LogP contribution in [0.5, 0.6) is 0 Å². The molecule has 2 saturated heterocycles. The maximum Gasteiger partial charge on any atom is 0.410 e. The third-order valence-corrected chi connectivity index (χ3v) is 8.04. The van der Waals surface area contributed by atoms with Crippen molar-refractivity contribution in [3.63, 3.8) is 0 Å². The number of piperidine rings is 1. The number of methoxy groups -OCH3 is 1. The smallest absolute Gasteiger partial charge is 0.410 e. The average Bonchev–Trinajstić information content (AvgIpc) is 3.26. The number of thioether (sulfide) groups is 1. The topological polar surface area (TPSA) is 135 Å². The zero-order valence-corrected chi connectivity index (χ0v) is 26.7. The normalized spacial score (nSPS) is 17.6. The first-order valence-electron chi connectivity index (χ1n) is 13.5. The van der Waals surface area contributed by atoms with E-state index in [2.05, 4.69) is 15.0 Å². The number of hydrogen-bond donors (Lipinski definition) is 1. The molecule has 0 bridgehead atoms. The number of amidine groups is 1. The standard InChI is InChI=1S/C30H30Cl2N4O7S/c1-30(2,3)43-29(41)35-13-11-17(12-14-35)25(38)33-19-6-8-20(9-7-19)36-27(40)23(16-24(37)42-4)44-28(36)34-26(39)21-10-5-18(31)15-22(21)32/h5-10,15-17H,11-14H2,1-4H3,(H,33,38). The second-order valence-corrected chi connectivity index (χ2v) is 12.7. The number of esters is 1. The number of amides is 4. The van der Waals surface area contributed by atoms with Crippen molar-refractivity contribution in [1.29, 1.82) is 0 Å². The summed E-state index contributed by atoms with van der Waals surface area (Å²) < 4.78 is 10.1. The predicted molar refractivity (Wildman–Crippen MR) is 169 cm³/mol. The molecule has 0 aliphatic carbocycles. The number of likely N-dealkylation sites (tertiary alicyclic amines) is 1. The Kier molecular flexibility index (Phi) is 10.4. The number of carbonyl (C=O) groups excluding carboxylic acids is 5. The summed E-state index contributed by atoms with van der Waals surface area (Å²) in [4.78, 5) is 70.4. The molecule has 232 valence electrons. The maximum atomic E-state index is 13.3. The summed E-state index contributed by atoms with van der Waals surface area (Å²) in [5, 5.41) is 3.30. The number of hydrogen-bond acceptors (Lipinski definition) is 8. The van der Waals surface area contributed by atoms with Crippen molar-refractivity contribution >= 4 is 81.3 Å². The molecule has 2 aromatic carbocycles. The zero-order chi connectivity index (χ0) is 32.2. The second-order valence-electron chi connectivity index (χ2n) is 10.9. The van der Waals surface area contributed by atoms with Crippen LogP contribution in [-0.4, -0.2) is 65.7 Å². The lowest BCUT2D eigenvalue weighted by Crippen LogP contribution is -2.43. The molecule has 2 heterocycles. The summed E-state index contributed by atoms with van der Waals surface area (Å²) in [6, 6.07) is 10.7. The van der Waals surface area contributed by atoms with Crippen molar-refractivity contribution in [2.75, 3.05) is 30.4 Å². The number of nitrogens with zero attached hydrogens (tertiary/aromatic N) is 3. The van der Waals surface area contributed by atoms with Gasteiger partial charge < -0.3 is 19.7 Å². The number of aliphatic imine (C=N–C) groups is 1. The summed E-state index contributed by atoms with van der Waals surface area (Å²) in [6.45, 7) is 6.22. The largest absolute Gasteiger partial charge is 0.466 e. The number of carbonyl (C=O) groups is 5. The molecule has 2 aliphatic rings. The van der Waals surface area contributed by atoms with E-state index in [0.29, 0.717) is 42.3 Å². The fourth-order valence-corrected chi connectivity index (χ4v) is 5.77. The zero-order valence-electron chi connectivity index (χ0n) is 24.4. The third kappa shape index (κ3) is 8.19. The molecule has 4 amide bonds. The van der Waals surface area contributed by atoms with E-state index < -0.39 is 29.5 Å². The molecule has 0 unspecified atom stereocenters. The van der Waals surface area contributed by atoms with Crippen molar-refractivity contribution in [3.05, 3.63) is 69.1 Å². The molecule has 11 nitrogen and oxygen atoms in total. The van der Waals surface area contributed by atoms with Crippen LogP contribution in [0, 0.1) is 5.92 Å². The van der Waals surface area contributed by atoms with Crippen LogP contribution in [0.2, 0.25) is 10.0 Å². The van der Waals surface area contributed by atoms with Crippen LogP contribution in [0.1, 0.15) is 44.0 Å². The van der Waals surface area contributed by atoms with E-state index in [1.54, 1.807) is 49.9 Å². The molecule has 2 aliphatic heterocycles. The number of benzene rings is 2. The summed E-state index contributed by atoms with van der Waals surface area (Å²) in [5.74, 6) is -2.54. The second kappa shape index (κ2) is 13.8. The molecule has 0 aromatic heterocycles. The lowest BCUT2D eigenvalue weighted by Gasteiger charge is -2.32. The molecule has 44 heavy (non-hydrogen) atoms. The van der Waals surface area contributed by atoms with Crippen LogP contribution >= 0.6 is 35.0 Å². The molecule has 1 N–H and O–H groups in total. The Bertz CT molecular complexity index is 1550. The molecule has 0 saturated carbocycles. The van der Waals surface area contributed by atoms with Gasteiger partial charge in [-0.3, -0.25) is 19.3 Å². The molecular weight excluding hydrogens is 631 g/mol. The molecular formula is C30H30Cl2N4O7S. The number of nitrogens with one attached hydrogen (secondary N) is 1. The molecule has 2 aromatic rings. The van der Waals surface area contributed by atoms with Gasteiger partial charge in [-0.2, -0.15) is 4.99 Å². The van der Waals surface area contributed by atoms with E-state index in [9.17, 15) is 24.0 Å². The van der Waals surface area contributed by atoms with E-state index in [0.717, 1.165) is 17.8 Å². The Labute approximate surface area is 268 Å². The van der Waals surface area contributed by atoms with Crippen LogP contribution in [0.4, 0.5) is 16.2 Å². The quantitative estimate of drug-likeness (QED) is 0.309. The van der Waals surface area contributed by atoms with Gasteiger partial charge in [0.2, 0.25) is 5.91 Å². The van der Waals surface area contributed by atoms with E-state index in [1.165, 1.54) is 30.2 Å². The van der Waals surface area contributed by atoms with Crippen LogP contribution in [0.15, 0.2) is 58.4 Å². The SMILES string of the molecule is COC(=O)C=C1SC(=NC(=O)c2ccc(Cl)cc2Cl)N(c2ccc(NC(=O)C3CCN(C(=O)OC(C)(C)C)CC3)cc2)C1=O. The van der Waals surface area contributed by atoms with E-state index in [1.807, 2.05) is 0 Å². The summed E-state index contributed by atoms with van der Waals surface area (Å²) in [5.41, 5.74) is 0.312. The molecule has 4 rings (SSSR count). The highest BCUT2D eigenvalue weighted by Crippen LogP contribution is 2.36. The van der Waals surface area contributed by atoms with Crippen molar-refractivity contribution in [2.24, 2.45) is 10.9 Å². The van der Waals surface area contributed by atoms with Crippen LogP contribution in [-0.2, 0) is 23.9 Å². The number of rotatable bonds is 5. The highest BCUT2D eigenvalue weighted by molar-refractivity contribution is 8.19. The minimum absolute atomic E-state index is 0.000654. The van der Waals surface area contributed by atoms with Crippen LogP contribution in [0.25, 0.3) is 0 Å². The first-order valence-corrected chi connectivity index (χ1v) is 15.1.